The fraction of sp³-hybridized carbons (Fsp3) is 0.250. The van der Waals surface area contributed by atoms with Crippen LogP contribution >= 0.6 is 0 Å². The summed E-state index contributed by atoms with van der Waals surface area (Å²) in [5.41, 5.74) is 5.05. The Morgan fingerprint density at radius 2 is 1.93 bits per heavy atom. The molecule has 1 aliphatic rings. The lowest BCUT2D eigenvalue weighted by Gasteiger charge is -2.42. The maximum Gasteiger partial charge on any atom is 0.266 e. The lowest BCUT2D eigenvalue weighted by Crippen LogP contribution is -2.44. The van der Waals surface area contributed by atoms with Crippen molar-refractivity contribution in [2.45, 2.75) is 33.2 Å². The predicted molar refractivity (Wildman–Crippen MR) is 116 cm³/mol. The molecule has 0 fully saturated rings. The first-order valence-electron chi connectivity index (χ1n) is 9.45. The van der Waals surface area contributed by atoms with Gasteiger partial charge >= 0.3 is 0 Å². The Morgan fingerprint density at radius 3 is 2.57 bits per heavy atom. The quantitative estimate of drug-likeness (QED) is 0.589. The van der Waals surface area contributed by atoms with E-state index >= 15 is 0 Å². The second-order valence-corrected chi connectivity index (χ2v) is 7.49. The van der Waals surface area contributed by atoms with Gasteiger partial charge in [0.15, 0.2) is 0 Å². The van der Waals surface area contributed by atoms with Crippen LogP contribution in [0.25, 0.3) is 11.6 Å². The highest BCUT2D eigenvalue weighted by molar-refractivity contribution is 6.09. The molecule has 0 aromatic heterocycles. The maximum absolute atomic E-state index is 12.5. The molecule has 1 amide bonds. The first-order chi connectivity index (χ1) is 13.4. The smallest absolute Gasteiger partial charge is 0.266 e. The third kappa shape index (κ3) is 3.84. The molecule has 28 heavy (non-hydrogen) atoms. The molecule has 1 heterocycles. The van der Waals surface area contributed by atoms with E-state index in [2.05, 4.69) is 50.1 Å². The van der Waals surface area contributed by atoms with Crippen LogP contribution in [0.1, 0.15) is 38.8 Å². The van der Waals surface area contributed by atoms with Crippen LogP contribution in [0.15, 0.2) is 60.2 Å². The van der Waals surface area contributed by atoms with Crippen LogP contribution in [0.4, 0.5) is 11.4 Å². The summed E-state index contributed by atoms with van der Waals surface area (Å²) < 4.78 is 0. The molecule has 2 aromatic rings. The molecule has 0 aliphatic carbocycles. The molecule has 2 aromatic carbocycles. The minimum Gasteiger partial charge on any atom is -0.363 e. The zero-order valence-electron chi connectivity index (χ0n) is 16.8. The van der Waals surface area contributed by atoms with Gasteiger partial charge in [0.05, 0.1) is 5.54 Å². The molecule has 142 valence electrons. The summed E-state index contributed by atoms with van der Waals surface area (Å²) >= 11 is 0. The van der Waals surface area contributed by atoms with Crippen LogP contribution < -0.4 is 10.2 Å². The van der Waals surface area contributed by atoms with E-state index in [0.29, 0.717) is 5.69 Å². The molecule has 3 rings (SSSR count). The van der Waals surface area contributed by atoms with Gasteiger partial charge in [-0.15, -0.1) is 0 Å². The number of nitrogens with zero attached hydrogens (tertiary/aromatic N) is 2. The summed E-state index contributed by atoms with van der Waals surface area (Å²) in [6.45, 7) is 9.57. The molecule has 4 heteroatoms. The summed E-state index contributed by atoms with van der Waals surface area (Å²) in [6, 6.07) is 17.2. The highest BCUT2D eigenvalue weighted by Gasteiger charge is 2.30. The molecule has 0 bridgehead atoms. The molecular formula is C24H25N3O. The number of amides is 1. The van der Waals surface area contributed by atoms with Crippen molar-refractivity contribution in [3.63, 3.8) is 0 Å². The molecule has 0 unspecified atom stereocenters. The van der Waals surface area contributed by atoms with Gasteiger partial charge in [0, 0.05) is 23.5 Å². The number of benzene rings is 2. The summed E-state index contributed by atoms with van der Waals surface area (Å²) in [4.78, 5) is 14.8. The number of rotatable bonds is 4. The van der Waals surface area contributed by atoms with E-state index in [1.807, 2.05) is 36.4 Å². The number of anilines is 2. The Bertz CT molecular complexity index is 994. The summed E-state index contributed by atoms with van der Waals surface area (Å²) in [5.74, 6) is -0.407. The van der Waals surface area contributed by atoms with Gasteiger partial charge in [-0.3, -0.25) is 4.79 Å². The third-order valence-electron chi connectivity index (χ3n) is 5.03. The van der Waals surface area contributed by atoms with E-state index in [1.165, 1.54) is 11.3 Å². The minimum atomic E-state index is -0.407. The number of para-hydroxylation sites is 1. The van der Waals surface area contributed by atoms with Gasteiger partial charge in [-0.1, -0.05) is 30.3 Å². The van der Waals surface area contributed by atoms with Crippen molar-refractivity contribution in [1.29, 1.82) is 5.26 Å². The number of carbonyl (C=O) groups excluding carboxylic acids is 1. The predicted octanol–water partition coefficient (Wildman–Crippen LogP) is 5.25. The second kappa shape index (κ2) is 7.74. The molecule has 0 spiro atoms. The molecular weight excluding hydrogens is 346 g/mol. The second-order valence-electron chi connectivity index (χ2n) is 7.49. The Kier molecular flexibility index (Phi) is 5.37. The van der Waals surface area contributed by atoms with Crippen LogP contribution in [0.3, 0.4) is 0 Å². The molecule has 0 atom stereocenters. The van der Waals surface area contributed by atoms with Crippen molar-refractivity contribution in [3.8, 4) is 6.07 Å². The zero-order chi connectivity index (χ0) is 20.3. The first kappa shape index (κ1) is 19.4. The van der Waals surface area contributed by atoms with E-state index in [0.717, 1.165) is 17.7 Å². The number of hydrogen-bond donors (Lipinski definition) is 1. The minimum absolute atomic E-state index is 0.0451. The molecule has 0 saturated heterocycles. The van der Waals surface area contributed by atoms with Gasteiger partial charge in [-0.25, -0.2) is 0 Å². The van der Waals surface area contributed by atoms with Gasteiger partial charge in [0.2, 0.25) is 0 Å². The number of nitriles is 1. The van der Waals surface area contributed by atoms with Gasteiger partial charge < -0.3 is 10.2 Å². The topological polar surface area (TPSA) is 56.1 Å². The molecule has 1 N–H and O–H groups in total. The van der Waals surface area contributed by atoms with E-state index in [1.54, 1.807) is 18.2 Å². The van der Waals surface area contributed by atoms with Crippen molar-refractivity contribution in [1.82, 2.24) is 0 Å². The van der Waals surface area contributed by atoms with Crippen LogP contribution in [0.5, 0.6) is 0 Å². The third-order valence-corrected chi connectivity index (χ3v) is 5.03. The van der Waals surface area contributed by atoms with Crippen molar-refractivity contribution in [2.75, 3.05) is 16.8 Å². The molecule has 0 saturated carbocycles. The number of hydrogen-bond acceptors (Lipinski definition) is 3. The average molecular weight is 371 g/mol. The Hall–Kier alpha value is -3.32. The Morgan fingerprint density at radius 1 is 1.21 bits per heavy atom. The Balaban J connectivity index is 1.93. The fourth-order valence-corrected chi connectivity index (χ4v) is 3.80. The molecule has 1 aliphatic heterocycles. The van der Waals surface area contributed by atoms with Crippen molar-refractivity contribution < 1.29 is 4.79 Å². The van der Waals surface area contributed by atoms with Gasteiger partial charge in [0.25, 0.3) is 5.91 Å². The fourth-order valence-electron chi connectivity index (χ4n) is 3.80. The van der Waals surface area contributed by atoms with Crippen LogP contribution in [-0.2, 0) is 4.79 Å². The molecule has 0 radical (unpaired) electrons. The summed E-state index contributed by atoms with van der Waals surface area (Å²) in [7, 11) is 0. The maximum atomic E-state index is 12.5. The first-order valence-corrected chi connectivity index (χ1v) is 9.45. The van der Waals surface area contributed by atoms with Gasteiger partial charge in [-0.05, 0) is 69.2 Å². The number of fused-ring (bicyclic) bond motifs is 1. The standard InChI is InChI=1S/C24H25N3O/c1-5-27-22-12-11-18(14-21(22)17(2)15-24(27,3)4)13-19(16-25)23(28)26-20-9-7-6-8-10-20/h6-15H,5H2,1-4H3,(H,26,28)/b19-13-. The van der Waals surface area contributed by atoms with Crippen molar-refractivity contribution >= 4 is 28.9 Å². The highest BCUT2D eigenvalue weighted by atomic mass is 16.1. The SMILES string of the molecule is CCN1c2ccc(/C=C(/C#N)C(=O)Nc3ccccc3)cc2C(C)=CC1(C)C. The van der Waals surface area contributed by atoms with E-state index in [9.17, 15) is 10.1 Å². The highest BCUT2D eigenvalue weighted by Crippen LogP contribution is 2.39. The summed E-state index contributed by atoms with van der Waals surface area (Å²) in [5, 5.41) is 12.2. The Labute approximate surface area is 166 Å². The summed E-state index contributed by atoms with van der Waals surface area (Å²) in [6.07, 6.45) is 3.90. The number of nitrogens with one attached hydrogen (secondary N) is 1. The lowest BCUT2D eigenvalue weighted by atomic mass is 9.88. The van der Waals surface area contributed by atoms with Crippen LogP contribution in [0.2, 0.25) is 0 Å². The number of likely N-dealkylation sites (N-methyl/N-ethyl adjacent to an activating group) is 1. The van der Waals surface area contributed by atoms with E-state index in [-0.39, 0.29) is 11.1 Å². The van der Waals surface area contributed by atoms with E-state index < -0.39 is 5.91 Å². The van der Waals surface area contributed by atoms with Crippen LogP contribution in [0, 0.1) is 11.3 Å². The van der Waals surface area contributed by atoms with Gasteiger partial charge in [0.1, 0.15) is 11.6 Å². The normalized spacial score (nSPS) is 15.3. The molecule has 4 nitrogen and oxygen atoms in total. The van der Waals surface area contributed by atoms with Crippen molar-refractivity contribution in [2.24, 2.45) is 0 Å². The monoisotopic (exact) mass is 371 g/mol. The number of allylic oxidation sites excluding steroid dienone is 1. The van der Waals surface area contributed by atoms with Crippen LogP contribution in [-0.4, -0.2) is 18.0 Å². The van der Waals surface area contributed by atoms with Crippen molar-refractivity contribution in [3.05, 3.63) is 71.3 Å². The zero-order valence-corrected chi connectivity index (χ0v) is 16.8. The lowest BCUT2D eigenvalue weighted by molar-refractivity contribution is -0.112. The van der Waals surface area contributed by atoms with E-state index in [4.69, 9.17) is 0 Å². The number of carbonyl (C=O) groups is 1. The average Bonchev–Trinajstić information content (AvgIpc) is 2.66. The largest absolute Gasteiger partial charge is 0.363 e. The van der Waals surface area contributed by atoms with Gasteiger partial charge in [-0.2, -0.15) is 5.26 Å².